The molecule has 1 N–H and O–H groups in total. The van der Waals surface area contributed by atoms with E-state index in [2.05, 4.69) is 24.8 Å². The van der Waals surface area contributed by atoms with Crippen molar-refractivity contribution in [1.82, 2.24) is 0 Å². The zero-order chi connectivity index (χ0) is 10.4. The first kappa shape index (κ1) is 11.3. The van der Waals surface area contributed by atoms with Crippen LogP contribution in [0.3, 0.4) is 0 Å². The van der Waals surface area contributed by atoms with Gasteiger partial charge in [0.1, 0.15) is 0 Å². The van der Waals surface area contributed by atoms with Crippen molar-refractivity contribution in [2.45, 2.75) is 38.7 Å². The highest BCUT2D eigenvalue weighted by molar-refractivity contribution is 5.10. The van der Waals surface area contributed by atoms with Gasteiger partial charge in [0.05, 0.1) is 6.10 Å². The first-order valence-corrected chi connectivity index (χ1v) is 5.36. The SMILES string of the molecule is C=CCC(O)/C(C)=C/C1CC=CCC1. The second-order valence-electron chi connectivity index (χ2n) is 4.00. The molecule has 0 radical (unpaired) electrons. The minimum Gasteiger partial charge on any atom is -0.388 e. The van der Waals surface area contributed by atoms with Gasteiger partial charge in [-0.1, -0.05) is 24.3 Å². The Balaban J connectivity index is 2.48. The minimum absolute atomic E-state index is 0.335. The molecule has 0 saturated heterocycles. The molecule has 2 atom stereocenters. The van der Waals surface area contributed by atoms with Crippen LogP contribution in [-0.4, -0.2) is 11.2 Å². The molecule has 0 spiro atoms. The maximum atomic E-state index is 9.69. The van der Waals surface area contributed by atoms with Gasteiger partial charge in [-0.25, -0.2) is 0 Å². The number of hydrogen-bond donors (Lipinski definition) is 1. The van der Waals surface area contributed by atoms with E-state index in [9.17, 15) is 5.11 Å². The third-order valence-electron chi connectivity index (χ3n) is 2.72. The van der Waals surface area contributed by atoms with Crippen LogP contribution in [0, 0.1) is 5.92 Å². The first-order valence-electron chi connectivity index (χ1n) is 5.36. The van der Waals surface area contributed by atoms with Crippen LogP contribution < -0.4 is 0 Å². The van der Waals surface area contributed by atoms with Crippen LogP contribution in [0.25, 0.3) is 0 Å². The predicted molar refractivity (Wildman–Crippen MR) is 61.1 cm³/mol. The Morgan fingerprint density at radius 1 is 1.64 bits per heavy atom. The minimum atomic E-state index is -0.335. The lowest BCUT2D eigenvalue weighted by molar-refractivity contribution is 0.213. The van der Waals surface area contributed by atoms with Crippen molar-refractivity contribution < 1.29 is 5.11 Å². The highest BCUT2D eigenvalue weighted by atomic mass is 16.3. The van der Waals surface area contributed by atoms with Crippen LogP contribution in [0.4, 0.5) is 0 Å². The van der Waals surface area contributed by atoms with Crippen LogP contribution >= 0.6 is 0 Å². The van der Waals surface area contributed by atoms with Crippen LogP contribution in [-0.2, 0) is 0 Å². The number of allylic oxidation sites excluding steroid dienone is 3. The summed E-state index contributed by atoms with van der Waals surface area (Å²) < 4.78 is 0. The third-order valence-corrected chi connectivity index (χ3v) is 2.72. The van der Waals surface area contributed by atoms with Gasteiger partial charge in [-0.2, -0.15) is 0 Å². The molecule has 1 aliphatic carbocycles. The van der Waals surface area contributed by atoms with Crippen molar-refractivity contribution in [3.05, 3.63) is 36.5 Å². The maximum absolute atomic E-state index is 9.69. The number of aliphatic hydroxyl groups is 1. The molecule has 0 amide bonds. The highest BCUT2D eigenvalue weighted by Gasteiger charge is 2.10. The van der Waals surface area contributed by atoms with Crippen LogP contribution in [0.1, 0.15) is 32.6 Å². The number of hydrogen-bond acceptors (Lipinski definition) is 1. The lowest BCUT2D eigenvalue weighted by atomic mass is 9.91. The van der Waals surface area contributed by atoms with Gasteiger partial charge < -0.3 is 5.11 Å². The lowest BCUT2D eigenvalue weighted by Gasteiger charge is -2.16. The summed E-state index contributed by atoms with van der Waals surface area (Å²) in [6, 6.07) is 0. The number of aliphatic hydroxyl groups excluding tert-OH is 1. The second-order valence-corrected chi connectivity index (χ2v) is 4.00. The lowest BCUT2D eigenvalue weighted by Crippen LogP contribution is -2.09. The molecular weight excluding hydrogens is 172 g/mol. The molecule has 1 nitrogen and oxygen atoms in total. The molecule has 0 aromatic heterocycles. The molecule has 0 aromatic rings. The Labute approximate surface area is 86.8 Å². The molecule has 78 valence electrons. The molecule has 0 fully saturated rings. The van der Waals surface area contributed by atoms with Crippen molar-refractivity contribution in [2.75, 3.05) is 0 Å². The van der Waals surface area contributed by atoms with E-state index < -0.39 is 0 Å². The van der Waals surface area contributed by atoms with Gasteiger partial charge in [0.15, 0.2) is 0 Å². The normalized spacial score (nSPS) is 24.7. The molecule has 2 unspecified atom stereocenters. The maximum Gasteiger partial charge on any atom is 0.0781 e. The topological polar surface area (TPSA) is 20.2 Å². The summed E-state index contributed by atoms with van der Waals surface area (Å²) in [5.74, 6) is 0.625. The molecule has 0 aromatic carbocycles. The average molecular weight is 192 g/mol. The fraction of sp³-hybridized carbons (Fsp3) is 0.538. The van der Waals surface area contributed by atoms with Crippen molar-refractivity contribution in [3.8, 4) is 0 Å². The van der Waals surface area contributed by atoms with E-state index in [1.807, 2.05) is 6.92 Å². The van der Waals surface area contributed by atoms with E-state index in [1.54, 1.807) is 6.08 Å². The molecule has 1 aliphatic rings. The summed E-state index contributed by atoms with van der Waals surface area (Å²) in [4.78, 5) is 0. The zero-order valence-corrected chi connectivity index (χ0v) is 8.95. The Hall–Kier alpha value is -0.820. The molecule has 0 aliphatic heterocycles. The van der Waals surface area contributed by atoms with E-state index in [1.165, 1.54) is 12.8 Å². The zero-order valence-electron chi connectivity index (χ0n) is 8.95. The van der Waals surface area contributed by atoms with Gasteiger partial charge in [-0.3, -0.25) is 0 Å². The summed E-state index contributed by atoms with van der Waals surface area (Å²) >= 11 is 0. The fourth-order valence-corrected chi connectivity index (χ4v) is 1.80. The van der Waals surface area contributed by atoms with Crippen LogP contribution in [0.5, 0.6) is 0 Å². The Morgan fingerprint density at radius 2 is 2.43 bits per heavy atom. The predicted octanol–water partition coefficient (Wildman–Crippen LogP) is 3.23. The largest absolute Gasteiger partial charge is 0.388 e. The van der Waals surface area contributed by atoms with Gasteiger partial charge in [0, 0.05) is 0 Å². The van der Waals surface area contributed by atoms with E-state index in [4.69, 9.17) is 0 Å². The van der Waals surface area contributed by atoms with Gasteiger partial charge in [-0.15, -0.1) is 6.58 Å². The van der Waals surface area contributed by atoms with Crippen molar-refractivity contribution >= 4 is 0 Å². The Bertz CT molecular complexity index is 238. The van der Waals surface area contributed by atoms with Gasteiger partial charge in [0.25, 0.3) is 0 Å². The quantitative estimate of drug-likeness (QED) is 0.678. The van der Waals surface area contributed by atoms with E-state index in [0.29, 0.717) is 12.3 Å². The van der Waals surface area contributed by atoms with E-state index in [-0.39, 0.29) is 6.10 Å². The van der Waals surface area contributed by atoms with E-state index in [0.717, 1.165) is 12.0 Å². The summed E-state index contributed by atoms with van der Waals surface area (Å²) in [7, 11) is 0. The molecular formula is C13H20O. The second kappa shape index (κ2) is 5.82. The van der Waals surface area contributed by atoms with Gasteiger partial charge in [-0.05, 0) is 44.1 Å². The van der Waals surface area contributed by atoms with Crippen LogP contribution in [0.15, 0.2) is 36.5 Å². The molecule has 1 rings (SSSR count). The Kier molecular flexibility index (Phi) is 4.68. The Morgan fingerprint density at radius 3 is 3.00 bits per heavy atom. The highest BCUT2D eigenvalue weighted by Crippen LogP contribution is 2.22. The average Bonchev–Trinajstić information content (AvgIpc) is 2.19. The summed E-state index contributed by atoms with van der Waals surface area (Å²) in [5.41, 5.74) is 1.09. The molecule has 0 bridgehead atoms. The number of rotatable bonds is 4. The monoisotopic (exact) mass is 192 g/mol. The smallest absolute Gasteiger partial charge is 0.0781 e. The summed E-state index contributed by atoms with van der Waals surface area (Å²) in [5, 5.41) is 9.69. The van der Waals surface area contributed by atoms with Crippen molar-refractivity contribution in [1.29, 1.82) is 0 Å². The summed E-state index contributed by atoms with van der Waals surface area (Å²) in [6.07, 6.45) is 12.3. The molecule has 1 heteroatoms. The van der Waals surface area contributed by atoms with Gasteiger partial charge >= 0.3 is 0 Å². The van der Waals surface area contributed by atoms with E-state index >= 15 is 0 Å². The van der Waals surface area contributed by atoms with Crippen LogP contribution in [0.2, 0.25) is 0 Å². The van der Waals surface area contributed by atoms with Crippen molar-refractivity contribution in [2.24, 2.45) is 5.92 Å². The van der Waals surface area contributed by atoms with Crippen molar-refractivity contribution in [3.63, 3.8) is 0 Å². The molecule has 0 heterocycles. The third kappa shape index (κ3) is 3.51. The molecule has 14 heavy (non-hydrogen) atoms. The first-order chi connectivity index (χ1) is 6.74. The fourth-order valence-electron chi connectivity index (χ4n) is 1.80. The van der Waals surface area contributed by atoms with Gasteiger partial charge in [0.2, 0.25) is 0 Å². The summed E-state index contributed by atoms with van der Waals surface area (Å²) in [6.45, 7) is 5.64. The molecule has 0 saturated carbocycles. The standard InChI is InChI=1S/C13H20O/c1-3-7-13(14)11(2)10-12-8-5-4-6-9-12/h3-5,10,12-14H,1,6-9H2,2H3/b11-10+.